The van der Waals surface area contributed by atoms with Crippen molar-refractivity contribution in [1.82, 2.24) is 9.97 Å². The number of aromatic amines is 2. The van der Waals surface area contributed by atoms with Gasteiger partial charge in [0, 0.05) is 5.56 Å². The van der Waals surface area contributed by atoms with Gasteiger partial charge in [0.15, 0.2) is 0 Å². The molecule has 0 saturated heterocycles. The van der Waals surface area contributed by atoms with Gasteiger partial charge in [-0.15, -0.1) is 0 Å². The van der Waals surface area contributed by atoms with E-state index in [2.05, 4.69) is 16.0 Å². The van der Waals surface area contributed by atoms with Crippen molar-refractivity contribution in [3.8, 4) is 23.2 Å². The Morgan fingerprint density at radius 2 is 1.86 bits per heavy atom. The summed E-state index contributed by atoms with van der Waals surface area (Å²) in [4.78, 5) is 16.2. The molecule has 0 fully saturated rings. The molecule has 0 aliphatic heterocycles. The van der Waals surface area contributed by atoms with Crippen molar-refractivity contribution >= 4 is 0 Å². The Labute approximate surface area is 126 Å². The number of nitrogens with zero attached hydrogens (tertiary/aromatic N) is 1. The van der Waals surface area contributed by atoms with Crippen LogP contribution in [-0.4, -0.2) is 15.1 Å². The number of nitriles is 1. The fourth-order valence-electron chi connectivity index (χ4n) is 2.44. The highest BCUT2D eigenvalue weighted by atomic mass is 16.3. The Bertz CT molecular complexity index is 902. The fraction of sp³-hybridized carbons (Fsp3) is 0.0588. The number of hydrogen-bond acceptors (Lipinski definition) is 3. The molecule has 3 N–H and O–H groups in total. The first-order valence-corrected chi connectivity index (χ1v) is 6.76. The van der Waals surface area contributed by atoms with Crippen LogP contribution in [0.15, 0.2) is 53.3 Å². The van der Waals surface area contributed by atoms with Crippen LogP contribution in [0.3, 0.4) is 0 Å². The molecule has 0 spiro atoms. The molecule has 0 atom stereocenters. The molecule has 5 nitrogen and oxygen atoms in total. The molecule has 108 valence electrons. The molecule has 1 heterocycles. The van der Waals surface area contributed by atoms with E-state index in [1.54, 1.807) is 18.2 Å². The first-order valence-electron chi connectivity index (χ1n) is 6.76. The number of aromatic nitrogens is 2. The normalized spacial score (nSPS) is 10.3. The summed E-state index contributed by atoms with van der Waals surface area (Å²) in [7, 11) is 0. The summed E-state index contributed by atoms with van der Waals surface area (Å²) in [6.45, 7) is 0. The molecule has 0 aliphatic rings. The second kappa shape index (κ2) is 5.62. The van der Waals surface area contributed by atoms with Crippen LogP contribution in [0.5, 0.6) is 5.88 Å². The maximum atomic E-state index is 11.4. The lowest BCUT2D eigenvalue weighted by Crippen LogP contribution is -2.01. The molecular weight excluding hydrogens is 278 g/mol. The van der Waals surface area contributed by atoms with Crippen LogP contribution in [0, 0.1) is 11.3 Å². The molecule has 0 saturated carbocycles. The summed E-state index contributed by atoms with van der Waals surface area (Å²) in [6, 6.07) is 17.1. The standard InChI is InChI=1S/C17H13N3O2/c18-10-12-6-7-14(15-16(21)20-17(22)19-15)13(9-12)8-11-4-2-1-3-5-11/h1-7,9,21H,8H2,(H2,19,20,22). The Morgan fingerprint density at radius 3 is 2.50 bits per heavy atom. The van der Waals surface area contributed by atoms with Crippen molar-refractivity contribution in [2.75, 3.05) is 0 Å². The van der Waals surface area contributed by atoms with Crippen LogP contribution < -0.4 is 5.69 Å². The van der Waals surface area contributed by atoms with Gasteiger partial charge in [-0.25, -0.2) is 4.79 Å². The minimum atomic E-state index is -0.470. The molecule has 3 rings (SSSR count). The summed E-state index contributed by atoms with van der Waals surface area (Å²) >= 11 is 0. The van der Waals surface area contributed by atoms with Gasteiger partial charge in [-0.2, -0.15) is 5.26 Å². The van der Waals surface area contributed by atoms with Gasteiger partial charge in [0.05, 0.1) is 11.6 Å². The number of rotatable bonds is 3. The van der Waals surface area contributed by atoms with E-state index in [4.69, 9.17) is 5.26 Å². The molecule has 0 aliphatic carbocycles. The smallest absolute Gasteiger partial charge is 0.326 e. The lowest BCUT2D eigenvalue weighted by atomic mass is 9.96. The van der Waals surface area contributed by atoms with Crippen LogP contribution in [0.4, 0.5) is 0 Å². The third-order valence-corrected chi connectivity index (χ3v) is 3.45. The van der Waals surface area contributed by atoms with Crippen molar-refractivity contribution < 1.29 is 5.11 Å². The zero-order chi connectivity index (χ0) is 15.5. The number of hydrogen-bond donors (Lipinski definition) is 3. The molecule has 22 heavy (non-hydrogen) atoms. The molecule has 0 amide bonds. The second-order valence-electron chi connectivity index (χ2n) is 4.95. The third kappa shape index (κ3) is 2.63. The minimum Gasteiger partial charge on any atom is -0.493 e. The monoisotopic (exact) mass is 291 g/mol. The maximum absolute atomic E-state index is 11.4. The summed E-state index contributed by atoms with van der Waals surface area (Å²) in [5.74, 6) is -0.205. The molecule has 1 aromatic heterocycles. The van der Waals surface area contributed by atoms with Gasteiger partial charge in [-0.1, -0.05) is 36.4 Å². The average molecular weight is 291 g/mol. The Morgan fingerprint density at radius 1 is 1.09 bits per heavy atom. The van der Waals surface area contributed by atoms with E-state index >= 15 is 0 Å². The molecule has 5 heteroatoms. The number of aromatic hydroxyl groups is 1. The number of benzene rings is 2. The fourth-order valence-corrected chi connectivity index (χ4v) is 2.44. The van der Waals surface area contributed by atoms with Crippen LogP contribution in [0.25, 0.3) is 11.3 Å². The molecule has 2 aromatic carbocycles. The molecular formula is C17H13N3O2. The van der Waals surface area contributed by atoms with Crippen molar-refractivity contribution in [2.24, 2.45) is 0 Å². The van der Waals surface area contributed by atoms with Crippen molar-refractivity contribution in [1.29, 1.82) is 5.26 Å². The number of H-pyrrole nitrogens is 2. The van der Waals surface area contributed by atoms with Gasteiger partial charge >= 0.3 is 5.69 Å². The van der Waals surface area contributed by atoms with E-state index in [1.165, 1.54) is 0 Å². The van der Waals surface area contributed by atoms with Crippen molar-refractivity contribution in [2.45, 2.75) is 6.42 Å². The van der Waals surface area contributed by atoms with Gasteiger partial charge in [0.25, 0.3) is 0 Å². The van der Waals surface area contributed by atoms with Crippen LogP contribution >= 0.6 is 0 Å². The SMILES string of the molecule is N#Cc1ccc(-c2[nH]c(=O)[nH]c2O)c(Cc2ccccc2)c1. The van der Waals surface area contributed by atoms with E-state index in [1.807, 2.05) is 30.3 Å². The zero-order valence-corrected chi connectivity index (χ0v) is 11.6. The number of imidazole rings is 1. The maximum Gasteiger partial charge on any atom is 0.326 e. The largest absolute Gasteiger partial charge is 0.493 e. The first-order chi connectivity index (χ1) is 10.7. The van der Waals surface area contributed by atoms with Gasteiger partial charge in [-0.05, 0) is 29.7 Å². The van der Waals surface area contributed by atoms with E-state index in [0.717, 1.165) is 11.1 Å². The highest BCUT2D eigenvalue weighted by molar-refractivity contribution is 5.69. The highest BCUT2D eigenvalue weighted by Gasteiger charge is 2.13. The van der Waals surface area contributed by atoms with Crippen molar-refractivity contribution in [3.63, 3.8) is 0 Å². The average Bonchev–Trinajstić information content (AvgIpc) is 2.86. The summed E-state index contributed by atoms with van der Waals surface area (Å²) in [5, 5.41) is 18.9. The van der Waals surface area contributed by atoms with E-state index in [0.29, 0.717) is 23.2 Å². The van der Waals surface area contributed by atoms with Crippen LogP contribution in [0.2, 0.25) is 0 Å². The topological polar surface area (TPSA) is 92.7 Å². The Kier molecular flexibility index (Phi) is 3.50. The Hall–Kier alpha value is -3.26. The molecule has 3 aromatic rings. The Balaban J connectivity index is 2.12. The first kappa shape index (κ1) is 13.7. The van der Waals surface area contributed by atoms with Gasteiger partial charge in [0.1, 0.15) is 5.69 Å². The van der Waals surface area contributed by atoms with Gasteiger partial charge in [-0.3, -0.25) is 4.98 Å². The lowest BCUT2D eigenvalue weighted by Gasteiger charge is -2.09. The summed E-state index contributed by atoms with van der Waals surface area (Å²) < 4.78 is 0. The third-order valence-electron chi connectivity index (χ3n) is 3.45. The van der Waals surface area contributed by atoms with Gasteiger partial charge in [0.2, 0.25) is 5.88 Å². The molecule has 0 radical (unpaired) electrons. The highest BCUT2D eigenvalue weighted by Crippen LogP contribution is 2.29. The molecule has 0 bridgehead atoms. The zero-order valence-electron chi connectivity index (χ0n) is 11.6. The quantitative estimate of drug-likeness (QED) is 0.692. The van der Waals surface area contributed by atoms with Crippen molar-refractivity contribution in [3.05, 3.63) is 75.7 Å². The van der Waals surface area contributed by atoms with Crippen LogP contribution in [0.1, 0.15) is 16.7 Å². The van der Waals surface area contributed by atoms with Gasteiger partial charge < -0.3 is 10.1 Å². The lowest BCUT2D eigenvalue weighted by molar-refractivity contribution is 0.457. The number of nitrogens with one attached hydrogen (secondary N) is 2. The van der Waals surface area contributed by atoms with E-state index in [-0.39, 0.29) is 5.88 Å². The van der Waals surface area contributed by atoms with E-state index < -0.39 is 5.69 Å². The molecule has 0 unspecified atom stereocenters. The predicted molar refractivity (Wildman–Crippen MR) is 82.5 cm³/mol. The summed E-state index contributed by atoms with van der Waals surface area (Å²) in [6.07, 6.45) is 0.596. The predicted octanol–water partition coefficient (Wildman–Crippen LogP) is 2.54. The second-order valence-corrected chi connectivity index (χ2v) is 4.95. The van der Waals surface area contributed by atoms with E-state index in [9.17, 15) is 9.90 Å². The minimum absolute atomic E-state index is 0.205. The van der Waals surface area contributed by atoms with Crippen LogP contribution in [-0.2, 0) is 6.42 Å². The summed E-state index contributed by atoms with van der Waals surface area (Å²) in [5.41, 5.74) is 3.03.